The van der Waals surface area contributed by atoms with Gasteiger partial charge in [0.05, 0.1) is 11.1 Å². The Morgan fingerprint density at radius 2 is 2.24 bits per heavy atom. The van der Waals surface area contributed by atoms with Crippen LogP contribution in [0.3, 0.4) is 0 Å². The number of rotatable bonds is 3. The van der Waals surface area contributed by atoms with Crippen LogP contribution in [0.25, 0.3) is 0 Å². The van der Waals surface area contributed by atoms with Gasteiger partial charge < -0.3 is 10.6 Å². The predicted octanol–water partition coefficient (Wildman–Crippen LogP) is 1.34. The lowest BCUT2D eigenvalue weighted by Gasteiger charge is -2.47. The van der Waals surface area contributed by atoms with Crippen LogP contribution in [0.5, 0.6) is 0 Å². The van der Waals surface area contributed by atoms with Crippen LogP contribution in [0.4, 0.5) is 0 Å². The minimum absolute atomic E-state index is 0.0367. The lowest BCUT2D eigenvalue weighted by molar-refractivity contribution is 0.0386. The molecule has 1 saturated heterocycles. The molecule has 0 aliphatic carbocycles. The van der Waals surface area contributed by atoms with E-state index in [-0.39, 0.29) is 11.4 Å². The topological polar surface area (TPSA) is 59.2 Å². The number of nitrogens with zero attached hydrogens (tertiary/aromatic N) is 2. The zero-order chi connectivity index (χ0) is 12.5. The van der Waals surface area contributed by atoms with Crippen molar-refractivity contribution in [3.63, 3.8) is 0 Å². The van der Waals surface area contributed by atoms with Crippen molar-refractivity contribution in [2.24, 2.45) is 5.73 Å². The van der Waals surface area contributed by atoms with Crippen LogP contribution < -0.4 is 5.73 Å². The number of carbonyl (C=O) groups excluding carboxylic acids is 1. The van der Waals surface area contributed by atoms with Crippen LogP contribution in [0, 0.1) is 6.92 Å². The molecule has 0 atom stereocenters. The summed E-state index contributed by atoms with van der Waals surface area (Å²) in [6.07, 6.45) is 3.67. The number of likely N-dealkylation sites (tertiary alicyclic amines) is 1. The van der Waals surface area contributed by atoms with E-state index in [4.69, 9.17) is 5.73 Å². The van der Waals surface area contributed by atoms with Crippen molar-refractivity contribution in [3.05, 3.63) is 29.6 Å². The first-order chi connectivity index (χ1) is 8.04. The molecule has 2 heterocycles. The van der Waals surface area contributed by atoms with E-state index in [2.05, 4.69) is 11.9 Å². The smallest absolute Gasteiger partial charge is 0.255 e. The maximum absolute atomic E-state index is 12.1. The van der Waals surface area contributed by atoms with Gasteiger partial charge >= 0.3 is 0 Å². The van der Waals surface area contributed by atoms with Gasteiger partial charge in [-0.3, -0.25) is 9.78 Å². The van der Waals surface area contributed by atoms with Crippen molar-refractivity contribution in [2.75, 3.05) is 13.1 Å². The van der Waals surface area contributed by atoms with E-state index in [1.165, 1.54) is 0 Å². The van der Waals surface area contributed by atoms with Crippen LogP contribution >= 0.6 is 0 Å². The number of aromatic nitrogens is 1. The third-order valence-corrected chi connectivity index (χ3v) is 3.20. The second-order valence-electron chi connectivity index (χ2n) is 4.96. The highest BCUT2D eigenvalue weighted by atomic mass is 16.2. The maximum atomic E-state index is 12.1. The average Bonchev–Trinajstić information content (AvgIpc) is 2.26. The van der Waals surface area contributed by atoms with Crippen molar-refractivity contribution in [1.82, 2.24) is 9.88 Å². The first kappa shape index (κ1) is 12.0. The quantitative estimate of drug-likeness (QED) is 0.857. The van der Waals surface area contributed by atoms with Gasteiger partial charge in [0.15, 0.2) is 0 Å². The highest BCUT2D eigenvalue weighted by molar-refractivity contribution is 5.94. The summed E-state index contributed by atoms with van der Waals surface area (Å²) in [5, 5.41) is 0. The Morgan fingerprint density at radius 1 is 1.53 bits per heavy atom. The van der Waals surface area contributed by atoms with Gasteiger partial charge in [-0.15, -0.1) is 0 Å². The molecule has 1 aromatic heterocycles. The first-order valence-electron chi connectivity index (χ1n) is 6.05. The van der Waals surface area contributed by atoms with Crippen molar-refractivity contribution in [1.29, 1.82) is 0 Å². The third kappa shape index (κ3) is 2.47. The van der Waals surface area contributed by atoms with Gasteiger partial charge in [0, 0.05) is 25.0 Å². The highest BCUT2D eigenvalue weighted by Gasteiger charge is 2.41. The molecule has 1 aliphatic rings. The molecular weight excluding hydrogens is 214 g/mol. The van der Waals surface area contributed by atoms with Crippen LogP contribution in [-0.4, -0.2) is 34.4 Å². The van der Waals surface area contributed by atoms with Crippen molar-refractivity contribution in [2.45, 2.75) is 32.2 Å². The lowest BCUT2D eigenvalue weighted by atomic mass is 9.86. The van der Waals surface area contributed by atoms with Crippen LogP contribution in [0.1, 0.15) is 35.8 Å². The highest BCUT2D eigenvalue weighted by Crippen LogP contribution is 2.24. The Bertz CT molecular complexity index is 407. The van der Waals surface area contributed by atoms with Gasteiger partial charge in [-0.25, -0.2) is 0 Å². The number of hydrogen-bond acceptors (Lipinski definition) is 3. The maximum Gasteiger partial charge on any atom is 0.255 e. The summed E-state index contributed by atoms with van der Waals surface area (Å²) in [7, 11) is 0. The number of amides is 1. The predicted molar refractivity (Wildman–Crippen MR) is 66.7 cm³/mol. The summed E-state index contributed by atoms with van der Waals surface area (Å²) in [5.74, 6) is 0.0367. The summed E-state index contributed by atoms with van der Waals surface area (Å²) < 4.78 is 0. The Labute approximate surface area is 102 Å². The van der Waals surface area contributed by atoms with Crippen LogP contribution in [0.2, 0.25) is 0 Å². The van der Waals surface area contributed by atoms with Gasteiger partial charge in [-0.05, 0) is 25.5 Å². The summed E-state index contributed by atoms with van der Waals surface area (Å²) in [4.78, 5) is 18.0. The average molecular weight is 233 g/mol. The molecule has 4 nitrogen and oxygen atoms in total. The molecule has 0 unspecified atom stereocenters. The molecule has 0 saturated carbocycles. The Balaban J connectivity index is 1.97. The standard InChI is InChI=1S/C13H19N3O/c1-3-6-13(14)8-16(9-13)12(17)11-5-4-10(2)15-7-11/h4-5,7H,3,6,8-9,14H2,1-2H3. The molecule has 1 aromatic rings. The molecule has 4 heteroatoms. The van der Waals surface area contributed by atoms with Gasteiger partial charge in [0.25, 0.3) is 5.91 Å². The van der Waals surface area contributed by atoms with E-state index in [0.717, 1.165) is 18.5 Å². The molecular formula is C13H19N3O. The van der Waals surface area contributed by atoms with E-state index in [1.807, 2.05) is 19.1 Å². The number of carbonyl (C=O) groups is 1. The van der Waals surface area contributed by atoms with Crippen LogP contribution in [0.15, 0.2) is 18.3 Å². The third-order valence-electron chi connectivity index (χ3n) is 3.20. The van der Waals surface area contributed by atoms with Crippen molar-refractivity contribution >= 4 is 5.91 Å². The molecule has 2 N–H and O–H groups in total. The van der Waals surface area contributed by atoms with E-state index >= 15 is 0 Å². The van der Waals surface area contributed by atoms with E-state index in [1.54, 1.807) is 11.1 Å². The molecule has 0 radical (unpaired) electrons. The van der Waals surface area contributed by atoms with Crippen molar-refractivity contribution in [3.8, 4) is 0 Å². The zero-order valence-electron chi connectivity index (χ0n) is 10.4. The molecule has 0 spiro atoms. The number of pyridine rings is 1. The Kier molecular flexibility index (Phi) is 3.15. The van der Waals surface area contributed by atoms with E-state index in [0.29, 0.717) is 18.7 Å². The van der Waals surface area contributed by atoms with Gasteiger partial charge in [-0.2, -0.15) is 0 Å². The fourth-order valence-electron chi connectivity index (χ4n) is 2.29. The molecule has 17 heavy (non-hydrogen) atoms. The summed E-state index contributed by atoms with van der Waals surface area (Å²) in [5.41, 5.74) is 7.54. The largest absolute Gasteiger partial charge is 0.335 e. The van der Waals surface area contributed by atoms with E-state index < -0.39 is 0 Å². The molecule has 1 aliphatic heterocycles. The Morgan fingerprint density at radius 3 is 2.76 bits per heavy atom. The second kappa shape index (κ2) is 4.45. The summed E-state index contributed by atoms with van der Waals surface area (Å²) >= 11 is 0. The summed E-state index contributed by atoms with van der Waals surface area (Å²) in [6.45, 7) is 5.34. The number of hydrogen-bond donors (Lipinski definition) is 1. The fourth-order valence-corrected chi connectivity index (χ4v) is 2.29. The normalized spacial score (nSPS) is 17.7. The van der Waals surface area contributed by atoms with Gasteiger partial charge in [-0.1, -0.05) is 13.3 Å². The minimum atomic E-state index is -0.164. The molecule has 0 aromatic carbocycles. The molecule has 1 amide bonds. The van der Waals surface area contributed by atoms with Gasteiger partial charge in [0.1, 0.15) is 0 Å². The lowest BCUT2D eigenvalue weighted by Crippen LogP contribution is -2.68. The Hall–Kier alpha value is -1.42. The molecule has 92 valence electrons. The minimum Gasteiger partial charge on any atom is -0.335 e. The fraction of sp³-hybridized carbons (Fsp3) is 0.538. The van der Waals surface area contributed by atoms with Crippen LogP contribution in [-0.2, 0) is 0 Å². The zero-order valence-corrected chi connectivity index (χ0v) is 10.4. The molecule has 0 bridgehead atoms. The molecule has 2 rings (SSSR count). The monoisotopic (exact) mass is 233 g/mol. The van der Waals surface area contributed by atoms with Gasteiger partial charge in [0.2, 0.25) is 0 Å². The van der Waals surface area contributed by atoms with Crippen molar-refractivity contribution < 1.29 is 4.79 Å². The second-order valence-corrected chi connectivity index (χ2v) is 4.96. The SMILES string of the molecule is CCCC1(N)CN(C(=O)c2ccc(C)nc2)C1. The molecule has 1 fully saturated rings. The summed E-state index contributed by atoms with van der Waals surface area (Å²) in [6, 6.07) is 3.68. The first-order valence-corrected chi connectivity index (χ1v) is 6.05. The number of nitrogens with two attached hydrogens (primary N) is 1. The van der Waals surface area contributed by atoms with E-state index in [9.17, 15) is 4.79 Å². The number of aryl methyl sites for hydroxylation is 1.